The van der Waals surface area contributed by atoms with Crippen LogP contribution in [0.5, 0.6) is 0 Å². The fraction of sp³-hybridized carbons (Fsp3) is 0.600. The van der Waals surface area contributed by atoms with E-state index in [0.717, 1.165) is 26.1 Å². The number of likely N-dealkylation sites (tertiary alicyclic amines) is 1. The van der Waals surface area contributed by atoms with Gasteiger partial charge in [-0.05, 0) is 24.4 Å². The molecule has 1 atom stereocenters. The molecule has 1 fully saturated rings. The summed E-state index contributed by atoms with van der Waals surface area (Å²) in [5.41, 5.74) is 1.01. The maximum absolute atomic E-state index is 9.34. The van der Waals surface area contributed by atoms with Crippen molar-refractivity contribution in [2.24, 2.45) is 5.41 Å². The summed E-state index contributed by atoms with van der Waals surface area (Å²) in [4.78, 5) is 2.35. The van der Waals surface area contributed by atoms with Crippen molar-refractivity contribution in [3.63, 3.8) is 0 Å². The highest BCUT2D eigenvalue weighted by Crippen LogP contribution is 2.29. The first-order valence-corrected chi connectivity index (χ1v) is 6.66. The van der Waals surface area contributed by atoms with E-state index in [0.29, 0.717) is 5.92 Å². The minimum absolute atomic E-state index is 0.0377. The van der Waals surface area contributed by atoms with E-state index in [-0.39, 0.29) is 18.6 Å². The Labute approximate surface area is 109 Å². The van der Waals surface area contributed by atoms with Crippen molar-refractivity contribution in [3.05, 3.63) is 35.9 Å². The molecule has 0 amide bonds. The van der Waals surface area contributed by atoms with Gasteiger partial charge in [-0.25, -0.2) is 0 Å². The van der Waals surface area contributed by atoms with Gasteiger partial charge in [0.1, 0.15) is 0 Å². The van der Waals surface area contributed by atoms with Crippen LogP contribution in [0, 0.1) is 5.41 Å². The van der Waals surface area contributed by atoms with E-state index in [1.165, 1.54) is 5.56 Å². The number of aliphatic hydroxyl groups is 2. The van der Waals surface area contributed by atoms with Crippen LogP contribution in [0.1, 0.15) is 24.8 Å². The molecule has 3 heteroatoms. The fourth-order valence-electron chi connectivity index (χ4n) is 2.66. The highest BCUT2D eigenvalue weighted by Gasteiger charge is 2.30. The first kappa shape index (κ1) is 13.5. The molecule has 1 aliphatic heterocycles. The Morgan fingerprint density at radius 2 is 1.89 bits per heavy atom. The predicted molar refractivity (Wildman–Crippen MR) is 72.5 cm³/mol. The molecule has 0 saturated carbocycles. The van der Waals surface area contributed by atoms with E-state index >= 15 is 0 Å². The highest BCUT2D eigenvalue weighted by molar-refractivity contribution is 5.21. The number of benzene rings is 1. The van der Waals surface area contributed by atoms with E-state index in [1.54, 1.807) is 0 Å². The molecule has 1 aliphatic rings. The van der Waals surface area contributed by atoms with E-state index in [1.807, 2.05) is 13.0 Å². The molecule has 2 N–H and O–H groups in total. The minimum Gasteiger partial charge on any atom is -0.396 e. The number of nitrogens with zero attached hydrogens (tertiary/aromatic N) is 1. The van der Waals surface area contributed by atoms with Gasteiger partial charge in [0, 0.05) is 18.5 Å². The predicted octanol–water partition coefficient (Wildman–Crippen LogP) is 1.47. The van der Waals surface area contributed by atoms with Crippen molar-refractivity contribution in [1.82, 2.24) is 4.90 Å². The zero-order valence-electron chi connectivity index (χ0n) is 11.0. The summed E-state index contributed by atoms with van der Waals surface area (Å²) in [7, 11) is 0. The standard InChI is InChI=1S/C15H23NO2/c1-15(11-17,12-18)10-16-8-7-14(9-16)13-5-3-2-4-6-13/h2-6,14,17-18H,7-12H2,1H3. The lowest BCUT2D eigenvalue weighted by atomic mass is 9.92. The van der Waals surface area contributed by atoms with Gasteiger partial charge in [-0.3, -0.25) is 0 Å². The number of hydrogen-bond acceptors (Lipinski definition) is 3. The van der Waals surface area contributed by atoms with Crippen LogP contribution in [0.15, 0.2) is 30.3 Å². The summed E-state index contributed by atoms with van der Waals surface area (Å²) in [6.07, 6.45) is 1.16. The van der Waals surface area contributed by atoms with Crippen LogP contribution in [-0.2, 0) is 0 Å². The lowest BCUT2D eigenvalue weighted by molar-refractivity contribution is 0.0411. The van der Waals surface area contributed by atoms with Crippen LogP contribution in [0.25, 0.3) is 0 Å². The quantitative estimate of drug-likeness (QED) is 0.830. The van der Waals surface area contributed by atoms with Crippen LogP contribution in [0.4, 0.5) is 0 Å². The molecule has 1 aromatic rings. The lowest BCUT2D eigenvalue weighted by Crippen LogP contribution is -2.39. The second-order valence-corrected chi connectivity index (χ2v) is 5.76. The van der Waals surface area contributed by atoms with Crippen molar-refractivity contribution >= 4 is 0 Å². The molecule has 1 saturated heterocycles. The van der Waals surface area contributed by atoms with E-state index in [9.17, 15) is 10.2 Å². The molecule has 1 aromatic carbocycles. The van der Waals surface area contributed by atoms with Gasteiger partial charge in [0.15, 0.2) is 0 Å². The molecule has 0 aromatic heterocycles. The number of hydrogen-bond donors (Lipinski definition) is 2. The molecule has 100 valence electrons. The van der Waals surface area contributed by atoms with Crippen LogP contribution >= 0.6 is 0 Å². The minimum atomic E-state index is -0.383. The fourth-order valence-corrected chi connectivity index (χ4v) is 2.66. The Balaban J connectivity index is 1.93. The number of rotatable bonds is 5. The Morgan fingerprint density at radius 3 is 2.50 bits per heavy atom. The second-order valence-electron chi connectivity index (χ2n) is 5.76. The van der Waals surface area contributed by atoms with Gasteiger partial charge >= 0.3 is 0 Å². The maximum atomic E-state index is 9.34. The first-order chi connectivity index (χ1) is 8.67. The molecule has 1 heterocycles. The van der Waals surface area contributed by atoms with Crippen molar-refractivity contribution in [2.45, 2.75) is 19.3 Å². The zero-order valence-corrected chi connectivity index (χ0v) is 11.0. The van der Waals surface area contributed by atoms with Gasteiger partial charge in [-0.2, -0.15) is 0 Å². The highest BCUT2D eigenvalue weighted by atomic mass is 16.3. The Morgan fingerprint density at radius 1 is 1.22 bits per heavy atom. The molecule has 2 rings (SSSR count). The molecule has 18 heavy (non-hydrogen) atoms. The molecular formula is C15H23NO2. The smallest absolute Gasteiger partial charge is 0.0519 e. The van der Waals surface area contributed by atoms with E-state index < -0.39 is 0 Å². The summed E-state index contributed by atoms with van der Waals surface area (Å²) in [5, 5.41) is 18.7. The van der Waals surface area contributed by atoms with Crippen molar-refractivity contribution < 1.29 is 10.2 Å². The molecule has 0 spiro atoms. The summed E-state index contributed by atoms with van der Waals surface area (Å²) >= 11 is 0. The van der Waals surface area contributed by atoms with Crippen LogP contribution in [-0.4, -0.2) is 48.0 Å². The number of aliphatic hydroxyl groups excluding tert-OH is 2. The normalized spacial score (nSPS) is 21.4. The molecule has 0 bridgehead atoms. The average molecular weight is 249 g/mol. The molecule has 3 nitrogen and oxygen atoms in total. The Bertz CT molecular complexity index is 362. The van der Waals surface area contributed by atoms with Gasteiger partial charge in [-0.15, -0.1) is 0 Å². The Hall–Kier alpha value is -0.900. The molecule has 1 unspecified atom stereocenters. The zero-order chi connectivity index (χ0) is 13.0. The van der Waals surface area contributed by atoms with E-state index in [2.05, 4.69) is 29.2 Å². The SMILES string of the molecule is CC(CO)(CO)CN1CCC(c2ccccc2)C1. The van der Waals surface area contributed by atoms with Crippen LogP contribution in [0.2, 0.25) is 0 Å². The average Bonchev–Trinajstić information content (AvgIpc) is 2.88. The van der Waals surface area contributed by atoms with Crippen LogP contribution in [0.3, 0.4) is 0 Å². The lowest BCUT2D eigenvalue weighted by Gasteiger charge is -2.30. The topological polar surface area (TPSA) is 43.7 Å². The van der Waals surface area contributed by atoms with Crippen molar-refractivity contribution in [2.75, 3.05) is 32.8 Å². The molecule has 0 aliphatic carbocycles. The third-order valence-electron chi connectivity index (χ3n) is 3.91. The summed E-state index contributed by atoms with van der Waals surface area (Å²) in [6.45, 7) is 4.85. The molecular weight excluding hydrogens is 226 g/mol. The third kappa shape index (κ3) is 3.10. The first-order valence-electron chi connectivity index (χ1n) is 6.66. The summed E-state index contributed by atoms with van der Waals surface area (Å²) < 4.78 is 0. The monoisotopic (exact) mass is 249 g/mol. The van der Waals surface area contributed by atoms with Gasteiger partial charge in [-0.1, -0.05) is 37.3 Å². The largest absolute Gasteiger partial charge is 0.396 e. The summed E-state index contributed by atoms with van der Waals surface area (Å²) in [5.74, 6) is 0.591. The second kappa shape index (κ2) is 5.83. The molecule has 0 radical (unpaired) electrons. The van der Waals surface area contributed by atoms with Gasteiger partial charge in [0.2, 0.25) is 0 Å². The third-order valence-corrected chi connectivity index (χ3v) is 3.91. The van der Waals surface area contributed by atoms with Crippen LogP contribution < -0.4 is 0 Å². The van der Waals surface area contributed by atoms with Gasteiger partial charge in [0.05, 0.1) is 13.2 Å². The van der Waals surface area contributed by atoms with E-state index in [4.69, 9.17) is 0 Å². The van der Waals surface area contributed by atoms with Gasteiger partial charge < -0.3 is 15.1 Å². The maximum Gasteiger partial charge on any atom is 0.0519 e. The van der Waals surface area contributed by atoms with Gasteiger partial charge in [0.25, 0.3) is 0 Å². The van der Waals surface area contributed by atoms with Crippen molar-refractivity contribution in [3.8, 4) is 0 Å². The van der Waals surface area contributed by atoms with Crippen molar-refractivity contribution in [1.29, 1.82) is 0 Å². The Kier molecular flexibility index (Phi) is 4.38. The summed E-state index contributed by atoms with van der Waals surface area (Å²) in [6, 6.07) is 10.6.